The van der Waals surface area contributed by atoms with Crippen LogP contribution in [0.15, 0.2) is 65.8 Å². The van der Waals surface area contributed by atoms with Crippen LogP contribution in [0.5, 0.6) is 0 Å². The van der Waals surface area contributed by atoms with Crippen LogP contribution in [0.2, 0.25) is 0 Å². The van der Waals surface area contributed by atoms with Gasteiger partial charge in [0, 0.05) is 5.69 Å². The Bertz CT molecular complexity index is 805. The minimum Gasteiger partial charge on any atom is -0.378 e. The van der Waals surface area contributed by atoms with E-state index < -0.39 is 0 Å². The average molecular weight is 309 g/mol. The molecule has 0 unspecified atom stereocenters. The molecule has 3 aromatic rings. The molecule has 0 atom stereocenters. The second kappa shape index (κ2) is 6.82. The van der Waals surface area contributed by atoms with E-state index in [0.29, 0.717) is 11.3 Å². The van der Waals surface area contributed by atoms with Crippen LogP contribution >= 0.6 is 12.2 Å². The third-order valence-corrected chi connectivity index (χ3v) is 3.33. The summed E-state index contributed by atoms with van der Waals surface area (Å²) in [6, 6.07) is 19.8. The van der Waals surface area contributed by atoms with E-state index in [9.17, 15) is 0 Å². The molecular formula is C16H15N5S. The quantitative estimate of drug-likeness (QED) is 0.561. The number of aromatic nitrogens is 3. The van der Waals surface area contributed by atoms with Gasteiger partial charge >= 0.3 is 0 Å². The number of hydrogen-bond acceptors (Lipinski definition) is 4. The van der Waals surface area contributed by atoms with E-state index in [1.165, 1.54) is 0 Å². The third-order valence-electron chi connectivity index (χ3n) is 3.06. The van der Waals surface area contributed by atoms with Gasteiger partial charge in [-0.1, -0.05) is 48.5 Å². The van der Waals surface area contributed by atoms with Crippen LogP contribution in [0, 0.1) is 4.77 Å². The molecule has 1 aromatic heterocycles. The van der Waals surface area contributed by atoms with E-state index in [0.717, 1.165) is 17.1 Å². The smallest absolute Gasteiger partial charge is 0.216 e. The lowest BCUT2D eigenvalue weighted by Gasteiger charge is -2.05. The number of hydrogen-bond donors (Lipinski definition) is 2. The van der Waals surface area contributed by atoms with Crippen molar-refractivity contribution in [2.24, 2.45) is 5.10 Å². The number of anilines is 1. The Morgan fingerprint density at radius 2 is 1.77 bits per heavy atom. The van der Waals surface area contributed by atoms with Crippen molar-refractivity contribution in [2.75, 3.05) is 5.32 Å². The fourth-order valence-electron chi connectivity index (χ4n) is 1.96. The lowest BCUT2D eigenvalue weighted by atomic mass is 10.2. The fourth-order valence-corrected chi connectivity index (χ4v) is 2.16. The van der Waals surface area contributed by atoms with Gasteiger partial charge in [-0.2, -0.15) is 14.9 Å². The summed E-state index contributed by atoms with van der Waals surface area (Å²) >= 11 is 5.22. The van der Waals surface area contributed by atoms with Crippen molar-refractivity contribution in [3.8, 4) is 0 Å². The number of para-hydroxylation sites is 1. The number of benzene rings is 2. The van der Waals surface area contributed by atoms with E-state index in [4.69, 9.17) is 12.2 Å². The average Bonchev–Trinajstić information content (AvgIpc) is 2.93. The van der Waals surface area contributed by atoms with Crippen molar-refractivity contribution in [1.82, 2.24) is 14.9 Å². The summed E-state index contributed by atoms with van der Waals surface area (Å²) in [5.74, 6) is 0.723. The molecular weight excluding hydrogens is 294 g/mol. The summed E-state index contributed by atoms with van der Waals surface area (Å²) in [7, 11) is 0. The highest BCUT2D eigenvalue weighted by molar-refractivity contribution is 7.71. The van der Waals surface area contributed by atoms with Gasteiger partial charge in [0.25, 0.3) is 0 Å². The van der Waals surface area contributed by atoms with Gasteiger partial charge in [-0.25, -0.2) is 0 Å². The number of aromatic amines is 1. The van der Waals surface area contributed by atoms with Crippen molar-refractivity contribution < 1.29 is 0 Å². The fraction of sp³-hybridized carbons (Fsp3) is 0.0625. The van der Waals surface area contributed by atoms with Gasteiger partial charge in [0.15, 0.2) is 5.82 Å². The predicted octanol–water partition coefficient (Wildman–Crippen LogP) is 3.43. The maximum atomic E-state index is 5.22. The van der Waals surface area contributed by atoms with Gasteiger partial charge in [0.2, 0.25) is 4.77 Å². The largest absolute Gasteiger partial charge is 0.378 e. The molecule has 0 bridgehead atoms. The standard InChI is InChI=1S/C16H15N5S/c22-16-20-19-15(12-17-14-9-5-2-6-10-14)21(16)18-11-13-7-3-1-4-8-13/h1-11,17H,12H2,(H,20,22)/b18-11+. The van der Waals surface area contributed by atoms with E-state index in [-0.39, 0.29) is 0 Å². The summed E-state index contributed by atoms with van der Waals surface area (Å²) in [5.41, 5.74) is 2.03. The zero-order valence-electron chi connectivity index (χ0n) is 11.8. The Labute approximate surface area is 133 Å². The second-order valence-electron chi connectivity index (χ2n) is 4.63. The molecule has 0 saturated heterocycles. The summed E-state index contributed by atoms with van der Waals surface area (Å²) in [4.78, 5) is 0. The molecule has 1 heterocycles. The first-order valence-corrected chi connectivity index (χ1v) is 7.28. The molecule has 0 aliphatic rings. The number of nitrogens with zero attached hydrogens (tertiary/aromatic N) is 3. The Morgan fingerprint density at radius 3 is 2.50 bits per heavy atom. The molecule has 5 nitrogen and oxygen atoms in total. The zero-order chi connectivity index (χ0) is 15.2. The van der Waals surface area contributed by atoms with Crippen molar-refractivity contribution >= 4 is 24.1 Å². The lowest BCUT2D eigenvalue weighted by Crippen LogP contribution is -2.06. The van der Waals surface area contributed by atoms with Gasteiger partial charge in [-0.3, -0.25) is 5.10 Å². The van der Waals surface area contributed by atoms with E-state index in [1.54, 1.807) is 10.9 Å². The molecule has 0 saturated carbocycles. The molecule has 0 aliphatic carbocycles. The Kier molecular flexibility index (Phi) is 4.41. The first kappa shape index (κ1) is 14.2. The van der Waals surface area contributed by atoms with Crippen LogP contribution in [0.25, 0.3) is 0 Å². The van der Waals surface area contributed by atoms with Crippen molar-refractivity contribution in [1.29, 1.82) is 0 Å². The summed E-state index contributed by atoms with van der Waals surface area (Å²) < 4.78 is 2.09. The molecule has 0 radical (unpaired) electrons. The Morgan fingerprint density at radius 1 is 1.09 bits per heavy atom. The van der Waals surface area contributed by atoms with Crippen molar-refractivity contribution in [3.05, 3.63) is 76.8 Å². The van der Waals surface area contributed by atoms with Crippen LogP contribution < -0.4 is 5.32 Å². The highest BCUT2D eigenvalue weighted by atomic mass is 32.1. The molecule has 22 heavy (non-hydrogen) atoms. The maximum Gasteiger partial charge on any atom is 0.216 e. The number of H-pyrrole nitrogens is 1. The summed E-state index contributed by atoms with van der Waals surface area (Å²) in [5, 5.41) is 14.7. The van der Waals surface area contributed by atoms with Gasteiger partial charge in [0.1, 0.15) is 0 Å². The molecule has 110 valence electrons. The molecule has 2 aromatic carbocycles. The first-order chi connectivity index (χ1) is 10.8. The number of nitrogens with one attached hydrogen (secondary N) is 2. The molecule has 0 spiro atoms. The zero-order valence-corrected chi connectivity index (χ0v) is 12.6. The lowest BCUT2D eigenvalue weighted by molar-refractivity contribution is 0.784. The van der Waals surface area contributed by atoms with Crippen LogP contribution in [0.3, 0.4) is 0 Å². The Balaban J connectivity index is 1.76. The van der Waals surface area contributed by atoms with Crippen molar-refractivity contribution in [3.63, 3.8) is 0 Å². The van der Waals surface area contributed by atoms with Crippen LogP contribution in [-0.2, 0) is 6.54 Å². The molecule has 6 heteroatoms. The molecule has 0 fully saturated rings. The van der Waals surface area contributed by atoms with Crippen molar-refractivity contribution in [2.45, 2.75) is 6.54 Å². The maximum absolute atomic E-state index is 5.22. The van der Waals surface area contributed by atoms with E-state index in [2.05, 4.69) is 20.6 Å². The minimum absolute atomic E-state index is 0.469. The predicted molar refractivity (Wildman–Crippen MR) is 90.6 cm³/mol. The van der Waals surface area contributed by atoms with Crippen LogP contribution in [0.4, 0.5) is 5.69 Å². The molecule has 0 amide bonds. The second-order valence-corrected chi connectivity index (χ2v) is 5.02. The first-order valence-electron chi connectivity index (χ1n) is 6.87. The highest BCUT2D eigenvalue weighted by Gasteiger charge is 2.04. The van der Waals surface area contributed by atoms with Gasteiger partial charge in [-0.15, -0.1) is 0 Å². The van der Waals surface area contributed by atoms with Crippen LogP contribution in [-0.4, -0.2) is 21.1 Å². The van der Waals surface area contributed by atoms with E-state index >= 15 is 0 Å². The topological polar surface area (TPSA) is 58.0 Å². The molecule has 2 N–H and O–H groups in total. The normalized spacial score (nSPS) is 10.9. The van der Waals surface area contributed by atoms with Crippen LogP contribution in [0.1, 0.15) is 11.4 Å². The van der Waals surface area contributed by atoms with Gasteiger partial charge in [-0.05, 0) is 29.9 Å². The number of rotatable bonds is 5. The summed E-state index contributed by atoms with van der Waals surface area (Å²) in [6.45, 7) is 0.531. The van der Waals surface area contributed by atoms with Gasteiger partial charge < -0.3 is 5.32 Å². The highest BCUT2D eigenvalue weighted by Crippen LogP contribution is 2.07. The van der Waals surface area contributed by atoms with Gasteiger partial charge in [0.05, 0.1) is 12.8 Å². The summed E-state index contributed by atoms with van der Waals surface area (Å²) in [6.07, 6.45) is 1.76. The minimum atomic E-state index is 0.469. The SMILES string of the molecule is S=c1[nH]nc(CNc2ccccc2)n1/N=C/c1ccccc1. The van der Waals surface area contributed by atoms with E-state index in [1.807, 2.05) is 60.7 Å². The molecule has 0 aliphatic heterocycles. The Hall–Kier alpha value is -2.73. The third kappa shape index (κ3) is 3.48. The molecule has 3 rings (SSSR count). The monoisotopic (exact) mass is 309 g/mol.